The fraction of sp³-hybridized carbons (Fsp3) is 0.0625. The Morgan fingerprint density at radius 1 is 1.14 bits per heavy atom. The summed E-state index contributed by atoms with van der Waals surface area (Å²) in [4.78, 5) is 14.9. The van der Waals surface area contributed by atoms with E-state index in [1.807, 2.05) is 37.3 Å². The van der Waals surface area contributed by atoms with Crippen LogP contribution in [0.25, 0.3) is 5.69 Å². The number of nitrogens with zero attached hydrogens (tertiary/aromatic N) is 3. The van der Waals surface area contributed by atoms with Crippen molar-refractivity contribution >= 4 is 6.29 Å². The van der Waals surface area contributed by atoms with E-state index in [0.717, 1.165) is 17.5 Å². The quantitative estimate of drug-likeness (QED) is 0.688. The summed E-state index contributed by atoms with van der Waals surface area (Å²) in [6.45, 7) is 1.85. The lowest BCUT2D eigenvalue weighted by Crippen LogP contribution is -1.95. The third kappa shape index (κ3) is 2.81. The second-order valence-electron chi connectivity index (χ2n) is 4.55. The Morgan fingerprint density at radius 2 is 1.95 bits per heavy atom. The summed E-state index contributed by atoms with van der Waals surface area (Å²) < 4.78 is 7.24. The molecule has 0 aliphatic rings. The molecule has 1 heterocycles. The zero-order chi connectivity index (χ0) is 14.7. The number of hydrogen-bond acceptors (Lipinski definition) is 4. The Labute approximate surface area is 121 Å². The maximum atomic E-state index is 10.8. The molecule has 0 fully saturated rings. The molecule has 0 atom stereocenters. The summed E-state index contributed by atoms with van der Waals surface area (Å²) in [5, 5.41) is 4.26. The highest BCUT2D eigenvalue weighted by Gasteiger charge is 2.06. The van der Waals surface area contributed by atoms with Crippen LogP contribution in [0.5, 0.6) is 11.8 Å². The molecule has 0 spiro atoms. The molecule has 0 aliphatic heterocycles. The van der Waals surface area contributed by atoms with Crippen LogP contribution in [0.4, 0.5) is 0 Å². The van der Waals surface area contributed by atoms with Crippen LogP contribution in [0.1, 0.15) is 15.9 Å². The molecule has 104 valence electrons. The molecule has 0 N–H and O–H groups in total. The van der Waals surface area contributed by atoms with Gasteiger partial charge in [0.2, 0.25) is 0 Å². The van der Waals surface area contributed by atoms with Gasteiger partial charge in [-0.25, -0.2) is 4.68 Å². The van der Waals surface area contributed by atoms with Crippen LogP contribution in [0.3, 0.4) is 0 Å². The maximum absolute atomic E-state index is 10.8. The molecule has 0 radical (unpaired) electrons. The summed E-state index contributed by atoms with van der Waals surface area (Å²) in [5.74, 6) is 0.601. The lowest BCUT2D eigenvalue weighted by Gasteiger charge is -2.03. The Bertz CT molecular complexity index is 766. The van der Waals surface area contributed by atoms with Crippen molar-refractivity contribution in [1.82, 2.24) is 14.8 Å². The lowest BCUT2D eigenvalue weighted by molar-refractivity contribution is 0.112. The minimum absolute atomic E-state index is 0.261. The third-order valence-electron chi connectivity index (χ3n) is 3.07. The van der Waals surface area contributed by atoms with Gasteiger partial charge in [-0.3, -0.25) is 4.79 Å². The molecule has 5 heteroatoms. The van der Waals surface area contributed by atoms with Crippen LogP contribution in [-0.2, 0) is 0 Å². The van der Waals surface area contributed by atoms with Crippen LogP contribution >= 0.6 is 0 Å². The van der Waals surface area contributed by atoms with E-state index in [1.54, 1.807) is 29.2 Å². The van der Waals surface area contributed by atoms with Crippen molar-refractivity contribution in [3.8, 4) is 17.4 Å². The Morgan fingerprint density at radius 3 is 2.67 bits per heavy atom. The van der Waals surface area contributed by atoms with E-state index < -0.39 is 0 Å². The maximum Gasteiger partial charge on any atom is 0.341 e. The van der Waals surface area contributed by atoms with E-state index in [0.29, 0.717) is 11.3 Å². The van der Waals surface area contributed by atoms with Gasteiger partial charge < -0.3 is 4.74 Å². The summed E-state index contributed by atoms with van der Waals surface area (Å²) >= 11 is 0. The Balaban J connectivity index is 1.81. The van der Waals surface area contributed by atoms with Gasteiger partial charge in [-0.15, -0.1) is 5.10 Å². The number of para-hydroxylation sites is 1. The first-order chi connectivity index (χ1) is 10.3. The van der Waals surface area contributed by atoms with Crippen molar-refractivity contribution in [3.63, 3.8) is 0 Å². The van der Waals surface area contributed by atoms with Gasteiger partial charge in [-0.1, -0.05) is 18.2 Å². The van der Waals surface area contributed by atoms with E-state index in [1.165, 1.54) is 0 Å². The van der Waals surface area contributed by atoms with Crippen molar-refractivity contribution in [3.05, 3.63) is 66.0 Å². The lowest BCUT2D eigenvalue weighted by atomic mass is 10.1. The second-order valence-corrected chi connectivity index (χ2v) is 4.55. The molecule has 3 aromatic rings. The number of aromatic nitrogens is 3. The van der Waals surface area contributed by atoms with Crippen molar-refractivity contribution in [1.29, 1.82) is 0 Å². The standard InChI is InChI=1S/C16H13N3O2/c1-12-9-15(8-7-13(12)10-20)21-16-17-11-19(18-16)14-5-3-2-4-6-14/h2-11H,1H3. The largest absolute Gasteiger partial charge is 0.423 e. The molecule has 0 aliphatic carbocycles. The molecule has 0 saturated carbocycles. The molecule has 0 saturated heterocycles. The molecule has 2 aromatic carbocycles. The average Bonchev–Trinajstić information content (AvgIpc) is 2.97. The molecule has 5 nitrogen and oxygen atoms in total. The number of benzene rings is 2. The molecule has 0 amide bonds. The number of aryl methyl sites for hydroxylation is 1. The van der Waals surface area contributed by atoms with Crippen LogP contribution in [-0.4, -0.2) is 21.1 Å². The van der Waals surface area contributed by atoms with Crippen LogP contribution in [0, 0.1) is 6.92 Å². The Hall–Kier alpha value is -2.95. The highest BCUT2D eigenvalue weighted by atomic mass is 16.5. The van der Waals surface area contributed by atoms with Crippen LogP contribution in [0.2, 0.25) is 0 Å². The fourth-order valence-electron chi connectivity index (χ4n) is 1.95. The van der Waals surface area contributed by atoms with Gasteiger partial charge in [0, 0.05) is 5.56 Å². The summed E-state index contributed by atoms with van der Waals surface area (Å²) in [7, 11) is 0. The minimum atomic E-state index is 0.261. The normalized spacial score (nSPS) is 10.3. The number of carbonyl (C=O) groups excluding carboxylic acids is 1. The number of hydrogen-bond donors (Lipinski definition) is 0. The van der Waals surface area contributed by atoms with Gasteiger partial charge in [-0.2, -0.15) is 4.98 Å². The fourth-order valence-corrected chi connectivity index (χ4v) is 1.95. The minimum Gasteiger partial charge on any atom is -0.423 e. The zero-order valence-electron chi connectivity index (χ0n) is 11.4. The summed E-state index contributed by atoms with van der Waals surface area (Å²) in [6.07, 6.45) is 2.42. The van der Waals surface area contributed by atoms with Gasteiger partial charge in [0.05, 0.1) is 5.69 Å². The molecule has 1 aromatic heterocycles. The topological polar surface area (TPSA) is 57.0 Å². The van der Waals surface area contributed by atoms with Gasteiger partial charge in [-0.05, 0) is 42.8 Å². The molecular formula is C16H13N3O2. The highest BCUT2D eigenvalue weighted by molar-refractivity contribution is 5.77. The van der Waals surface area contributed by atoms with E-state index in [-0.39, 0.29) is 6.01 Å². The van der Waals surface area contributed by atoms with Crippen LogP contribution < -0.4 is 4.74 Å². The van der Waals surface area contributed by atoms with E-state index in [2.05, 4.69) is 10.1 Å². The van der Waals surface area contributed by atoms with Gasteiger partial charge in [0.15, 0.2) is 0 Å². The van der Waals surface area contributed by atoms with Crippen molar-refractivity contribution in [2.75, 3.05) is 0 Å². The highest BCUT2D eigenvalue weighted by Crippen LogP contribution is 2.21. The number of aldehydes is 1. The number of ether oxygens (including phenoxy) is 1. The first-order valence-corrected chi connectivity index (χ1v) is 6.47. The SMILES string of the molecule is Cc1cc(Oc2ncn(-c3ccccc3)n2)ccc1C=O. The number of carbonyl (C=O) groups is 1. The van der Waals surface area contributed by atoms with Gasteiger partial charge in [0.25, 0.3) is 0 Å². The molecule has 0 unspecified atom stereocenters. The molecule has 21 heavy (non-hydrogen) atoms. The van der Waals surface area contributed by atoms with Crippen molar-refractivity contribution in [2.45, 2.75) is 6.92 Å². The van der Waals surface area contributed by atoms with E-state index >= 15 is 0 Å². The summed E-state index contributed by atoms with van der Waals surface area (Å²) in [5.41, 5.74) is 2.41. The first kappa shape index (κ1) is 13.1. The predicted molar refractivity (Wildman–Crippen MR) is 78.0 cm³/mol. The molecule has 3 rings (SSSR count). The smallest absolute Gasteiger partial charge is 0.341 e. The average molecular weight is 279 g/mol. The van der Waals surface area contributed by atoms with Crippen molar-refractivity contribution < 1.29 is 9.53 Å². The monoisotopic (exact) mass is 279 g/mol. The summed E-state index contributed by atoms with van der Waals surface area (Å²) in [6, 6.07) is 15.1. The van der Waals surface area contributed by atoms with E-state index in [4.69, 9.17) is 4.74 Å². The molecule has 0 bridgehead atoms. The van der Waals surface area contributed by atoms with E-state index in [9.17, 15) is 4.79 Å². The second kappa shape index (κ2) is 5.58. The van der Waals surface area contributed by atoms with Crippen LogP contribution in [0.15, 0.2) is 54.9 Å². The van der Waals surface area contributed by atoms with Gasteiger partial charge in [0.1, 0.15) is 18.4 Å². The zero-order valence-corrected chi connectivity index (χ0v) is 11.4. The van der Waals surface area contributed by atoms with Gasteiger partial charge >= 0.3 is 6.01 Å². The molecular weight excluding hydrogens is 266 g/mol. The predicted octanol–water partition coefficient (Wildman–Crippen LogP) is 3.18. The number of rotatable bonds is 4. The van der Waals surface area contributed by atoms with Crippen molar-refractivity contribution in [2.24, 2.45) is 0 Å². The Kier molecular flexibility index (Phi) is 3.47. The first-order valence-electron chi connectivity index (χ1n) is 6.47. The third-order valence-corrected chi connectivity index (χ3v) is 3.07.